The molecule has 0 aliphatic carbocycles. The zero-order valence-electron chi connectivity index (χ0n) is 16.3. The number of ether oxygens (including phenoxy) is 1. The van der Waals surface area contributed by atoms with Crippen molar-refractivity contribution in [2.75, 3.05) is 26.3 Å². The lowest BCUT2D eigenvalue weighted by molar-refractivity contribution is -0.163. The molecule has 32 heavy (non-hydrogen) atoms. The summed E-state index contributed by atoms with van der Waals surface area (Å²) in [6.07, 6.45) is -9.07. The fourth-order valence-electron chi connectivity index (χ4n) is 3.13. The maximum absolute atomic E-state index is 13.8. The van der Waals surface area contributed by atoms with Crippen LogP contribution in [0.5, 0.6) is 5.75 Å². The highest BCUT2D eigenvalue weighted by Crippen LogP contribution is 2.48. The molecule has 172 valence electrons. The summed E-state index contributed by atoms with van der Waals surface area (Å²) in [6.45, 7) is 1.02. The number of phenolic OH excluding ortho intramolecular Hbond substituents is 1. The molecule has 2 aromatic carbocycles. The van der Waals surface area contributed by atoms with Crippen molar-refractivity contribution in [2.45, 2.75) is 22.1 Å². The molecule has 0 bridgehead atoms. The lowest BCUT2D eigenvalue weighted by atomic mass is 9.99. The molecule has 0 aromatic heterocycles. The topological polar surface area (TPSA) is 49.8 Å². The number of benzene rings is 2. The van der Waals surface area contributed by atoms with E-state index in [0.29, 0.717) is 11.8 Å². The van der Waals surface area contributed by atoms with Crippen LogP contribution in [-0.2, 0) is 21.9 Å². The Labute approximate surface area is 183 Å². The van der Waals surface area contributed by atoms with Crippen molar-refractivity contribution in [3.8, 4) is 5.75 Å². The van der Waals surface area contributed by atoms with Gasteiger partial charge >= 0.3 is 12.4 Å². The Balaban J connectivity index is 2.06. The maximum Gasteiger partial charge on any atom is 0.418 e. The number of phenols is 1. The Bertz CT molecular complexity index is 1010. The SMILES string of the molecule is O=C(/C=C/c1ccc(Sc2cccc(O)c2)c(C(F)(F)F)c1C(F)(F)F)N1CCOCC1. The smallest absolute Gasteiger partial charge is 0.418 e. The van der Waals surface area contributed by atoms with Gasteiger partial charge in [-0.3, -0.25) is 4.79 Å². The monoisotopic (exact) mass is 477 g/mol. The quantitative estimate of drug-likeness (QED) is 0.470. The van der Waals surface area contributed by atoms with Crippen molar-refractivity contribution in [3.05, 3.63) is 59.2 Å². The van der Waals surface area contributed by atoms with E-state index in [2.05, 4.69) is 0 Å². The van der Waals surface area contributed by atoms with Gasteiger partial charge in [-0.1, -0.05) is 23.9 Å². The molecule has 1 saturated heterocycles. The van der Waals surface area contributed by atoms with Crippen molar-refractivity contribution >= 4 is 23.7 Å². The first-order valence-electron chi connectivity index (χ1n) is 9.30. The van der Waals surface area contributed by atoms with Crippen molar-refractivity contribution in [1.29, 1.82) is 0 Å². The molecule has 1 amide bonds. The van der Waals surface area contributed by atoms with Crippen LogP contribution < -0.4 is 0 Å². The molecule has 0 radical (unpaired) electrons. The normalized spacial score (nSPS) is 15.4. The molecule has 3 rings (SSSR count). The van der Waals surface area contributed by atoms with Gasteiger partial charge in [-0.05, 0) is 35.9 Å². The minimum Gasteiger partial charge on any atom is -0.508 e. The summed E-state index contributed by atoms with van der Waals surface area (Å²) in [5, 5.41) is 9.51. The summed E-state index contributed by atoms with van der Waals surface area (Å²) in [6, 6.07) is 6.98. The molecule has 0 spiro atoms. The van der Waals surface area contributed by atoms with Crippen LogP contribution in [0, 0.1) is 0 Å². The number of halogens is 6. The van der Waals surface area contributed by atoms with Crippen LogP contribution >= 0.6 is 11.8 Å². The second kappa shape index (κ2) is 9.45. The van der Waals surface area contributed by atoms with E-state index in [1.165, 1.54) is 23.1 Å². The average molecular weight is 477 g/mol. The summed E-state index contributed by atoms with van der Waals surface area (Å²) >= 11 is 0.448. The highest BCUT2D eigenvalue weighted by Gasteiger charge is 2.46. The lowest BCUT2D eigenvalue weighted by Crippen LogP contribution is -2.39. The van der Waals surface area contributed by atoms with E-state index in [9.17, 15) is 36.2 Å². The number of hydrogen-bond acceptors (Lipinski definition) is 4. The van der Waals surface area contributed by atoms with Crippen molar-refractivity contribution < 1.29 is 41.0 Å². The third kappa shape index (κ3) is 5.77. The largest absolute Gasteiger partial charge is 0.508 e. The summed E-state index contributed by atoms with van der Waals surface area (Å²) < 4.78 is 88.0. The first kappa shape index (κ1) is 24.0. The number of nitrogens with zero attached hydrogens (tertiary/aromatic N) is 1. The summed E-state index contributed by atoms with van der Waals surface area (Å²) in [4.78, 5) is 13.0. The number of hydrogen-bond donors (Lipinski definition) is 1. The first-order chi connectivity index (χ1) is 15.0. The molecule has 0 atom stereocenters. The Morgan fingerprint density at radius 3 is 2.25 bits per heavy atom. The number of morpholine rings is 1. The Morgan fingerprint density at radius 2 is 1.66 bits per heavy atom. The van der Waals surface area contributed by atoms with Crippen LogP contribution in [0.15, 0.2) is 52.3 Å². The molecular weight excluding hydrogens is 460 g/mol. The lowest BCUT2D eigenvalue weighted by Gasteiger charge is -2.25. The van der Waals surface area contributed by atoms with E-state index in [4.69, 9.17) is 4.74 Å². The van der Waals surface area contributed by atoms with Crippen LogP contribution in [0.3, 0.4) is 0 Å². The maximum atomic E-state index is 13.8. The molecule has 2 aromatic rings. The Morgan fingerprint density at radius 1 is 1.00 bits per heavy atom. The van der Waals surface area contributed by atoms with Gasteiger partial charge in [0.1, 0.15) is 5.75 Å². The van der Waals surface area contributed by atoms with Crippen LogP contribution in [0.2, 0.25) is 0 Å². The number of carbonyl (C=O) groups is 1. The van der Waals surface area contributed by atoms with Crippen molar-refractivity contribution in [2.24, 2.45) is 0 Å². The molecule has 1 N–H and O–H groups in total. The first-order valence-corrected chi connectivity index (χ1v) is 10.1. The molecule has 1 heterocycles. The minimum absolute atomic E-state index is 0.134. The number of alkyl halides is 6. The van der Waals surface area contributed by atoms with E-state index in [-0.39, 0.29) is 36.9 Å². The van der Waals surface area contributed by atoms with Gasteiger partial charge in [-0.2, -0.15) is 26.3 Å². The van der Waals surface area contributed by atoms with E-state index >= 15 is 0 Å². The second-order valence-corrected chi connectivity index (χ2v) is 7.88. The molecule has 0 unspecified atom stereocenters. The van der Waals surface area contributed by atoms with Crippen LogP contribution in [0.4, 0.5) is 26.3 Å². The van der Waals surface area contributed by atoms with Crippen molar-refractivity contribution in [3.63, 3.8) is 0 Å². The van der Waals surface area contributed by atoms with Gasteiger partial charge in [-0.15, -0.1) is 0 Å². The predicted molar refractivity (Wildman–Crippen MR) is 105 cm³/mol. The molecule has 1 fully saturated rings. The van der Waals surface area contributed by atoms with Gasteiger partial charge in [-0.25, -0.2) is 0 Å². The zero-order chi connectivity index (χ0) is 23.5. The van der Waals surface area contributed by atoms with Crippen LogP contribution in [0.1, 0.15) is 16.7 Å². The minimum atomic E-state index is -5.33. The molecular formula is C21H17F6NO3S. The third-order valence-electron chi connectivity index (χ3n) is 4.54. The second-order valence-electron chi connectivity index (χ2n) is 6.77. The van der Waals surface area contributed by atoms with Gasteiger partial charge in [0.05, 0.1) is 24.3 Å². The summed E-state index contributed by atoms with van der Waals surface area (Å²) in [7, 11) is 0. The van der Waals surface area contributed by atoms with Crippen LogP contribution in [0.25, 0.3) is 6.08 Å². The van der Waals surface area contributed by atoms with Gasteiger partial charge in [0.15, 0.2) is 0 Å². The number of aromatic hydroxyl groups is 1. The average Bonchev–Trinajstić information content (AvgIpc) is 2.71. The zero-order valence-corrected chi connectivity index (χ0v) is 17.2. The molecule has 0 saturated carbocycles. The molecule has 4 nitrogen and oxygen atoms in total. The number of rotatable bonds is 4. The van der Waals surface area contributed by atoms with E-state index in [1.54, 1.807) is 0 Å². The standard InChI is InChI=1S/C21H17F6NO3S/c22-20(23,24)18-13(5-7-17(30)28-8-10-31-11-9-28)4-6-16(19(18)21(25,26)27)32-15-3-1-2-14(29)12-15/h1-7,12,29H,8-11H2/b7-5+. The van der Waals surface area contributed by atoms with Gasteiger partial charge in [0, 0.05) is 29.0 Å². The van der Waals surface area contributed by atoms with E-state index < -0.39 is 39.8 Å². The Kier molecular flexibility index (Phi) is 7.09. The van der Waals surface area contributed by atoms with Gasteiger partial charge < -0.3 is 14.7 Å². The third-order valence-corrected chi connectivity index (χ3v) is 5.59. The van der Waals surface area contributed by atoms with Crippen LogP contribution in [-0.4, -0.2) is 42.2 Å². The summed E-state index contributed by atoms with van der Waals surface area (Å²) in [5.41, 5.74) is -4.49. The summed E-state index contributed by atoms with van der Waals surface area (Å²) in [5.74, 6) is -0.853. The fourth-order valence-corrected chi connectivity index (χ4v) is 4.17. The van der Waals surface area contributed by atoms with Gasteiger partial charge in [0.2, 0.25) is 5.91 Å². The molecule has 1 aliphatic rings. The van der Waals surface area contributed by atoms with E-state index in [0.717, 1.165) is 30.4 Å². The highest BCUT2D eigenvalue weighted by atomic mass is 32.2. The number of amides is 1. The molecule has 11 heteroatoms. The highest BCUT2D eigenvalue weighted by molar-refractivity contribution is 7.99. The predicted octanol–water partition coefficient (Wildman–Crippen LogP) is 5.45. The van der Waals surface area contributed by atoms with Crippen molar-refractivity contribution in [1.82, 2.24) is 4.90 Å². The van der Waals surface area contributed by atoms with Gasteiger partial charge in [0.25, 0.3) is 0 Å². The fraction of sp³-hybridized carbons (Fsp3) is 0.286. The molecule has 1 aliphatic heterocycles. The number of carbonyl (C=O) groups excluding carboxylic acids is 1. The van der Waals surface area contributed by atoms with E-state index in [1.807, 2.05) is 0 Å². The Hall–Kier alpha value is -2.66.